The molecule has 25 heavy (non-hydrogen) atoms. The maximum Gasteiger partial charge on any atom is 0.132 e. The Bertz CT molecular complexity index is 752. The van der Waals surface area contributed by atoms with Crippen LogP contribution in [0.2, 0.25) is 5.02 Å². The fourth-order valence-corrected chi connectivity index (χ4v) is 3.87. The molecule has 3 heterocycles. The predicted octanol–water partition coefficient (Wildman–Crippen LogP) is 4.16. The molecule has 2 aromatic heterocycles. The fraction of sp³-hybridized carbons (Fsp3) is 0.500. The van der Waals surface area contributed by atoms with Gasteiger partial charge in [0.25, 0.3) is 0 Å². The summed E-state index contributed by atoms with van der Waals surface area (Å²) in [6, 6.07) is 2.51. The summed E-state index contributed by atoms with van der Waals surface area (Å²) in [5.41, 5.74) is 11.7. The Morgan fingerprint density at radius 2 is 1.88 bits per heavy atom. The summed E-state index contributed by atoms with van der Waals surface area (Å²) < 4.78 is 0. The molecule has 0 bridgehead atoms. The van der Waals surface area contributed by atoms with Crippen LogP contribution in [-0.4, -0.2) is 29.1 Å². The van der Waals surface area contributed by atoms with Crippen LogP contribution in [-0.2, 0) is 12.8 Å². The molecule has 0 spiro atoms. The molecule has 0 amide bonds. The smallest absolute Gasteiger partial charge is 0.132 e. The lowest BCUT2D eigenvalue weighted by molar-refractivity contribution is 0.498. The van der Waals surface area contributed by atoms with Crippen LogP contribution in [0.15, 0.2) is 18.5 Å². The maximum absolute atomic E-state index is 6.60. The van der Waals surface area contributed by atoms with Crippen LogP contribution in [0.5, 0.6) is 0 Å². The monoisotopic (exact) mass is 358 g/mol. The van der Waals surface area contributed by atoms with Gasteiger partial charge in [0.15, 0.2) is 0 Å². The zero-order valence-corrected chi connectivity index (χ0v) is 16.1. The first-order chi connectivity index (χ1) is 12.0. The van der Waals surface area contributed by atoms with Crippen molar-refractivity contribution in [1.82, 2.24) is 9.97 Å². The highest BCUT2D eigenvalue weighted by Crippen LogP contribution is 2.37. The van der Waals surface area contributed by atoms with Crippen molar-refractivity contribution in [3.05, 3.63) is 40.2 Å². The SMILES string of the molecule is CCc1cc(C)cnc1-c1c(Cl)cnc(N2CCC(N)CC2)c1CC. The first-order valence-electron chi connectivity index (χ1n) is 9.18. The van der Waals surface area contributed by atoms with Gasteiger partial charge in [-0.1, -0.05) is 31.5 Å². The molecule has 0 atom stereocenters. The number of pyridine rings is 2. The summed E-state index contributed by atoms with van der Waals surface area (Å²) >= 11 is 6.60. The number of hydrogen-bond acceptors (Lipinski definition) is 4. The molecule has 1 aliphatic heterocycles. The molecule has 5 heteroatoms. The molecule has 4 nitrogen and oxygen atoms in total. The normalized spacial score (nSPS) is 15.6. The van der Waals surface area contributed by atoms with Crippen LogP contribution < -0.4 is 10.6 Å². The number of aromatic nitrogens is 2. The standard InChI is InChI=1S/C20H27ClN4/c1-4-14-10-13(3)11-23-19(14)18-16(5-2)20(24-12-17(18)21)25-8-6-15(22)7-9-25/h10-12,15H,4-9,22H2,1-3H3. The van der Waals surface area contributed by atoms with E-state index in [2.05, 4.69) is 36.7 Å². The molecule has 1 saturated heterocycles. The topological polar surface area (TPSA) is 55.0 Å². The van der Waals surface area contributed by atoms with Gasteiger partial charge >= 0.3 is 0 Å². The van der Waals surface area contributed by atoms with E-state index in [4.69, 9.17) is 22.3 Å². The molecule has 2 aromatic rings. The third-order valence-electron chi connectivity index (χ3n) is 5.02. The number of nitrogens with two attached hydrogens (primary N) is 1. The highest BCUT2D eigenvalue weighted by atomic mass is 35.5. The molecule has 1 fully saturated rings. The minimum atomic E-state index is 0.304. The van der Waals surface area contributed by atoms with E-state index in [1.807, 2.05) is 6.20 Å². The van der Waals surface area contributed by atoms with Crippen LogP contribution in [0.4, 0.5) is 5.82 Å². The summed E-state index contributed by atoms with van der Waals surface area (Å²) in [4.78, 5) is 11.8. The first kappa shape index (κ1) is 18.2. The Kier molecular flexibility index (Phi) is 5.60. The van der Waals surface area contributed by atoms with Crippen molar-refractivity contribution in [2.45, 2.75) is 52.5 Å². The maximum atomic E-state index is 6.60. The number of nitrogens with zero attached hydrogens (tertiary/aromatic N) is 3. The van der Waals surface area contributed by atoms with Crippen molar-refractivity contribution < 1.29 is 0 Å². The molecular weight excluding hydrogens is 332 g/mol. The zero-order chi connectivity index (χ0) is 18.0. The summed E-state index contributed by atoms with van der Waals surface area (Å²) in [5, 5.41) is 0.681. The lowest BCUT2D eigenvalue weighted by atomic mass is 9.96. The molecule has 1 aliphatic rings. The van der Waals surface area contributed by atoms with Crippen LogP contribution in [0, 0.1) is 6.92 Å². The lowest BCUT2D eigenvalue weighted by Gasteiger charge is -2.33. The van der Waals surface area contributed by atoms with Gasteiger partial charge in [-0.05, 0) is 43.7 Å². The van der Waals surface area contributed by atoms with Crippen LogP contribution in [0.25, 0.3) is 11.3 Å². The van der Waals surface area contributed by atoms with E-state index in [0.717, 1.165) is 55.8 Å². The minimum absolute atomic E-state index is 0.304. The van der Waals surface area contributed by atoms with Crippen LogP contribution in [0.1, 0.15) is 43.4 Å². The zero-order valence-electron chi connectivity index (χ0n) is 15.3. The lowest BCUT2D eigenvalue weighted by Crippen LogP contribution is -2.40. The van der Waals surface area contributed by atoms with Gasteiger partial charge in [-0.2, -0.15) is 0 Å². The highest BCUT2D eigenvalue weighted by Gasteiger charge is 2.24. The number of piperidine rings is 1. The molecule has 134 valence electrons. The summed E-state index contributed by atoms with van der Waals surface area (Å²) in [7, 11) is 0. The van der Waals surface area contributed by atoms with Gasteiger partial charge in [0.2, 0.25) is 0 Å². The highest BCUT2D eigenvalue weighted by molar-refractivity contribution is 6.33. The Hall–Kier alpha value is -1.65. The second-order valence-corrected chi connectivity index (χ2v) is 7.24. The van der Waals surface area contributed by atoms with Crippen LogP contribution in [0.3, 0.4) is 0 Å². The van der Waals surface area contributed by atoms with E-state index in [1.54, 1.807) is 6.20 Å². The quantitative estimate of drug-likeness (QED) is 0.891. The number of aryl methyl sites for hydroxylation is 2. The van der Waals surface area contributed by atoms with E-state index >= 15 is 0 Å². The van der Waals surface area contributed by atoms with E-state index in [0.29, 0.717) is 11.1 Å². The van der Waals surface area contributed by atoms with Crippen LogP contribution >= 0.6 is 11.6 Å². The second kappa shape index (κ2) is 7.71. The Morgan fingerprint density at radius 1 is 1.16 bits per heavy atom. The van der Waals surface area contributed by atoms with Gasteiger partial charge in [-0.15, -0.1) is 0 Å². The summed E-state index contributed by atoms with van der Waals surface area (Å²) in [6.45, 7) is 8.30. The van der Waals surface area contributed by atoms with Crippen molar-refractivity contribution in [2.24, 2.45) is 5.73 Å². The molecule has 0 aliphatic carbocycles. The minimum Gasteiger partial charge on any atom is -0.356 e. The van der Waals surface area contributed by atoms with Gasteiger partial charge in [0, 0.05) is 42.7 Å². The van der Waals surface area contributed by atoms with E-state index in [1.165, 1.54) is 16.7 Å². The molecule has 0 saturated carbocycles. The molecule has 3 rings (SSSR count). The summed E-state index contributed by atoms with van der Waals surface area (Å²) in [6.07, 6.45) is 7.52. The van der Waals surface area contributed by atoms with Gasteiger partial charge in [-0.25, -0.2) is 4.98 Å². The van der Waals surface area contributed by atoms with Crippen molar-refractivity contribution in [3.8, 4) is 11.3 Å². The van der Waals surface area contributed by atoms with Crippen molar-refractivity contribution in [1.29, 1.82) is 0 Å². The Labute approximate surface area is 155 Å². The number of rotatable bonds is 4. The van der Waals surface area contributed by atoms with Gasteiger partial charge in [-0.3, -0.25) is 4.98 Å². The van der Waals surface area contributed by atoms with Gasteiger partial charge in [0.1, 0.15) is 5.82 Å². The fourth-order valence-electron chi connectivity index (χ4n) is 3.62. The molecule has 0 radical (unpaired) electrons. The number of halogens is 1. The number of hydrogen-bond donors (Lipinski definition) is 1. The third kappa shape index (κ3) is 3.65. The van der Waals surface area contributed by atoms with Gasteiger partial charge in [0.05, 0.1) is 10.7 Å². The van der Waals surface area contributed by atoms with E-state index in [9.17, 15) is 0 Å². The summed E-state index contributed by atoms with van der Waals surface area (Å²) in [5.74, 6) is 1.04. The Balaban J connectivity index is 2.12. The average molecular weight is 359 g/mol. The van der Waals surface area contributed by atoms with E-state index in [-0.39, 0.29) is 0 Å². The van der Waals surface area contributed by atoms with Crippen molar-refractivity contribution >= 4 is 17.4 Å². The second-order valence-electron chi connectivity index (χ2n) is 6.84. The third-order valence-corrected chi connectivity index (χ3v) is 5.31. The van der Waals surface area contributed by atoms with E-state index < -0.39 is 0 Å². The molecule has 0 unspecified atom stereocenters. The Morgan fingerprint density at radius 3 is 2.52 bits per heavy atom. The predicted molar refractivity (Wildman–Crippen MR) is 105 cm³/mol. The molecule has 0 aromatic carbocycles. The molecule has 2 N–H and O–H groups in total. The van der Waals surface area contributed by atoms with Gasteiger partial charge < -0.3 is 10.6 Å². The van der Waals surface area contributed by atoms with Crippen molar-refractivity contribution in [2.75, 3.05) is 18.0 Å². The first-order valence-corrected chi connectivity index (χ1v) is 9.56. The van der Waals surface area contributed by atoms with Crippen molar-refractivity contribution in [3.63, 3.8) is 0 Å². The largest absolute Gasteiger partial charge is 0.356 e. The molecular formula is C20H27ClN4. The average Bonchev–Trinajstić information content (AvgIpc) is 2.62. The number of anilines is 1.